The van der Waals surface area contributed by atoms with Gasteiger partial charge in [-0.2, -0.15) is 0 Å². The molecule has 1 heterocycles. The maximum atomic E-state index is 10.3. The Balaban J connectivity index is 1.95. The van der Waals surface area contributed by atoms with Crippen LogP contribution in [0.1, 0.15) is 17.2 Å². The maximum absolute atomic E-state index is 10.3. The van der Waals surface area contributed by atoms with E-state index in [9.17, 15) is 5.11 Å². The van der Waals surface area contributed by atoms with Crippen molar-refractivity contribution >= 4 is 17.2 Å². The van der Waals surface area contributed by atoms with Gasteiger partial charge in [-0.15, -0.1) is 0 Å². The van der Waals surface area contributed by atoms with Crippen molar-refractivity contribution in [3.63, 3.8) is 0 Å². The summed E-state index contributed by atoms with van der Waals surface area (Å²) in [5.74, 6) is 0. The zero-order valence-electron chi connectivity index (χ0n) is 12.4. The summed E-state index contributed by atoms with van der Waals surface area (Å²) >= 11 is 4.92. The van der Waals surface area contributed by atoms with E-state index in [2.05, 4.69) is 4.90 Å². The first-order chi connectivity index (χ1) is 10.0. The van der Waals surface area contributed by atoms with E-state index in [1.54, 1.807) is 14.2 Å². The van der Waals surface area contributed by atoms with E-state index in [0.29, 0.717) is 11.5 Å². The van der Waals surface area contributed by atoms with Gasteiger partial charge in [0.05, 0.1) is 18.3 Å². The zero-order valence-corrected chi connectivity index (χ0v) is 13.2. The highest BCUT2D eigenvalue weighted by Crippen LogP contribution is 2.21. The molecule has 1 fully saturated rings. The van der Waals surface area contributed by atoms with E-state index in [1.807, 2.05) is 24.3 Å². The first-order valence-electron chi connectivity index (χ1n) is 6.91. The Kier molecular flexibility index (Phi) is 5.66. The fourth-order valence-electron chi connectivity index (χ4n) is 2.64. The number of methoxy groups -OCH3 is 2. The second-order valence-corrected chi connectivity index (χ2v) is 5.71. The fourth-order valence-corrected chi connectivity index (χ4v) is 2.78. The van der Waals surface area contributed by atoms with Crippen molar-refractivity contribution in [2.24, 2.45) is 5.73 Å². The number of aliphatic hydroxyl groups is 1. The monoisotopic (exact) mass is 310 g/mol. The topological polar surface area (TPSA) is 68.0 Å². The molecular weight excluding hydrogens is 288 g/mol. The standard InChI is InChI=1S/C15H22N2O3S/c1-19-13-8-17(9-14(13)20-2)7-12(18)10-3-5-11(6-4-10)15(16)21/h3-6,12-14,18H,7-9H2,1-2H3,(H2,16,21). The minimum absolute atomic E-state index is 0.0548. The van der Waals surface area contributed by atoms with Crippen molar-refractivity contribution in [1.82, 2.24) is 4.90 Å². The van der Waals surface area contributed by atoms with Crippen LogP contribution in [0, 0.1) is 0 Å². The maximum Gasteiger partial charge on any atom is 0.103 e. The van der Waals surface area contributed by atoms with Crippen LogP contribution in [0.4, 0.5) is 0 Å². The number of likely N-dealkylation sites (tertiary alicyclic amines) is 1. The number of benzene rings is 1. The highest BCUT2D eigenvalue weighted by atomic mass is 32.1. The summed E-state index contributed by atoms with van der Waals surface area (Å²) in [4.78, 5) is 2.51. The van der Waals surface area contributed by atoms with Gasteiger partial charge in [-0.3, -0.25) is 4.90 Å². The SMILES string of the molecule is COC1CN(CC(O)c2ccc(C(N)=S)cc2)CC1OC. The summed E-state index contributed by atoms with van der Waals surface area (Å²) in [6, 6.07) is 7.38. The largest absolute Gasteiger partial charge is 0.389 e. The fraction of sp³-hybridized carbons (Fsp3) is 0.533. The molecule has 1 saturated heterocycles. The number of rotatable bonds is 6. The lowest BCUT2D eigenvalue weighted by atomic mass is 10.1. The van der Waals surface area contributed by atoms with Gasteiger partial charge in [-0.05, 0) is 5.56 Å². The van der Waals surface area contributed by atoms with Crippen molar-refractivity contribution in [2.45, 2.75) is 18.3 Å². The summed E-state index contributed by atoms with van der Waals surface area (Å²) in [6.45, 7) is 2.07. The van der Waals surface area contributed by atoms with Gasteiger partial charge in [0.15, 0.2) is 0 Å². The molecule has 1 aromatic carbocycles. The van der Waals surface area contributed by atoms with Crippen molar-refractivity contribution in [2.75, 3.05) is 33.9 Å². The number of thiocarbonyl (C=S) groups is 1. The van der Waals surface area contributed by atoms with Crippen molar-refractivity contribution < 1.29 is 14.6 Å². The van der Waals surface area contributed by atoms with E-state index in [0.717, 1.165) is 24.2 Å². The van der Waals surface area contributed by atoms with Crippen molar-refractivity contribution in [1.29, 1.82) is 0 Å². The third-order valence-electron chi connectivity index (χ3n) is 3.91. The Morgan fingerprint density at radius 1 is 1.29 bits per heavy atom. The van der Waals surface area contributed by atoms with Crippen LogP contribution >= 0.6 is 12.2 Å². The first-order valence-corrected chi connectivity index (χ1v) is 7.31. The number of β-amino-alcohol motifs (C(OH)–C–C–N with tert-alkyl or cyclic N) is 1. The molecule has 0 aromatic heterocycles. The quantitative estimate of drug-likeness (QED) is 0.754. The minimum Gasteiger partial charge on any atom is -0.389 e. The Morgan fingerprint density at radius 3 is 2.24 bits per heavy atom. The van der Waals surface area contributed by atoms with Gasteiger partial charge in [0.1, 0.15) is 4.99 Å². The summed E-state index contributed by atoms with van der Waals surface area (Å²) in [6.07, 6.45) is -0.447. The average molecular weight is 310 g/mol. The molecule has 0 spiro atoms. The molecule has 1 aliphatic rings. The average Bonchev–Trinajstić information content (AvgIpc) is 2.89. The normalized spacial score (nSPS) is 24.1. The predicted molar refractivity (Wildman–Crippen MR) is 85.3 cm³/mol. The zero-order chi connectivity index (χ0) is 15.4. The van der Waals surface area contributed by atoms with Crippen LogP contribution in [0.3, 0.4) is 0 Å². The molecular formula is C15H22N2O3S. The molecule has 0 amide bonds. The summed E-state index contributed by atoms with van der Waals surface area (Å²) in [5, 5.41) is 10.3. The van der Waals surface area contributed by atoms with Crippen LogP contribution in [0.15, 0.2) is 24.3 Å². The number of nitrogens with zero attached hydrogens (tertiary/aromatic N) is 1. The van der Waals surface area contributed by atoms with E-state index >= 15 is 0 Å². The number of hydrogen-bond acceptors (Lipinski definition) is 5. The third-order valence-corrected chi connectivity index (χ3v) is 4.14. The van der Waals surface area contributed by atoms with E-state index in [4.69, 9.17) is 27.4 Å². The minimum atomic E-state index is -0.557. The lowest BCUT2D eigenvalue weighted by molar-refractivity contribution is -0.00461. The van der Waals surface area contributed by atoms with Gasteiger partial charge in [0, 0.05) is 39.4 Å². The van der Waals surface area contributed by atoms with Gasteiger partial charge >= 0.3 is 0 Å². The van der Waals surface area contributed by atoms with Crippen LogP contribution < -0.4 is 5.73 Å². The van der Waals surface area contributed by atoms with Crippen LogP contribution in [-0.4, -0.2) is 61.1 Å². The molecule has 3 N–H and O–H groups in total. The second-order valence-electron chi connectivity index (χ2n) is 5.27. The van der Waals surface area contributed by atoms with Gasteiger partial charge in [0.25, 0.3) is 0 Å². The molecule has 116 valence electrons. The smallest absolute Gasteiger partial charge is 0.103 e. The molecule has 6 heteroatoms. The van der Waals surface area contributed by atoms with Crippen LogP contribution in [0.5, 0.6) is 0 Å². The summed E-state index contributed by atoms with van der Waals surface area (Å²) in [7, 11) is 3.37. The van der Waals surface area contributed by atoms with E-state index < -0.39 is 6.10 Å². The van der Waals surface area contributed by atoms with E-state index in [1.165, 1.54) is 0 Å². The molecule has 5 nitrogen and oxygen atoms in total. The number of nitrogens with two attached hydrogens (primary N) is 1. The second kappa shape index (κ2) is 7.29. The predicted octanol–water partition coefficient (Wildman–Crippen LogP) is 0.700. The third kappa shape index (κ3) is 3.99. The molecule has 21 heavy (non-hydrogen) atoms. The van der Waals surface area contributed by atoms with Crippen LogP contribution in [0.25, 0.3) is 0 Å². The van der Waals surface area contributed by atoms with Crippen LogP contribution in [0.2, 0.25) is 0 Å². The number of aliphatic hydroxyl groups excluding tert-OH is 1. The van der Waals surface area contributed by atoms with Gasteiger partial charge < -0.3 is 20.3 Å². The highest BCUT2D eigenvalue weighted by Gasteiger charge is 2.33. The van der Waals surface area contributed by atoms with Gasteiger partial charge in [0.2, 0.25) is 0 Å². The van der Waals surface area contributed by atoms with Crippen molar-refractivity contribution in [3.8, 4) is 0 Å². The molecule has 1 aromatic rings. The first kappa shape index (κ1) is 16.3. The highest BCUT2D eigenvalue weighted by molar-refractivity contribution is 7.80. The molecule has 2 rings (SSSR count). The molecule has 1 aliphatic heterocycles. The van der Waals surface area contributed by atoms with Crippen molar-refractivity contribution in [3.05, 3.63) is 35.4 Å². The number of ether oxygens (including phenoxy) is 2. The van der Waals surface area contributed by atoms with Gasteiger partial charge in [-0.25, -0.2) is 0 Å². The van der Waals surface area contributed by atoms with Gasteiger partial charge in [-0.1, -0.05) is 36.5 Å². The Morgan fingerprint density at radius 2 is 1.81 bits per heavy atom. The summed E-state index contributed by atoms with van der Waals surface area (Å²) in [5.41, 5.74) is 7.22. The lowest BCUT2D eigenvalue weighted by Crippen LogP contribution is -2.28. The Labute approximate surface area is 130 Å². The molecule has 3 unspecified atom stereocenters. The van der Waals surface area contributed by atoms with E-state index in [-0.39, 0.29) is 12.2 Å². The Bertz CT molecular complexity index is 468. The lowest BCUT2D eigenvalue weighted by Gasteiger charge is -2.20. The molecule has 3 atom stereocenters. The molecule has 0 saturated carbocycles. The summed E-state index contributed by atoms with van der Waals surface area (Å²) < 4.78 is 10.8. The molecule has 0 radical (unpaired) electrons. The Hall–Kier alpha value is -1.05. The van der Waals surface area contributed by atoms with Crippen LogP contribution in [-0.2, 0) is 9.47 Å². The molecule has 0 bridgehead atoms. The molecule has 0 aliphatic carbocycles. The number of hydrogen-bond donors (Lipinski definition) is 2.